The first kappa shape index (κ1) is 9.10. The van der Waals surface area contributed by atoms with Gasteiger partial charge in [0.1, 0.15) is 11.9 Å². The zero-order valence-corrected chi connectivity index (χ0v) is 8.32. The molecule has 1 aromatic heterocycles. The zero-order chi connectivity index (χ0) is 8.43. The smallest absolute Gasteiger partial charge is 0.169 e. The Bertz CT molecular complexity index is 247. The quantitative estimate of drug-likeness (QED) is 0.805. The van der Waals surface area contributed by atoms with E-state index in [9.17, 15) is 5.11 Å². The molecule has 1 rings (SSSR count). The van der Waals surface area contributed by atoms with Gasteiger partial charge in [-0.15, -0.1) is 11.6 Å². The van der Waals surface area contributed by atoms with E-state index in [1.165, 1.54) is 0 Å². The van der Waals surface area contributed by atoms with Crippen LogP contribution in [0.2, 0.25) is 0 Å². The van der Waals surface area contributed by atoms with Gasteiger partial charge in [-0.1, -0.05) is 0 Å². The first-order valence-electron chi connectivity index (χ1n) is 3.15. The molecular formula is C7H8BrClO2. The maximum absolute atomic E-state index is 9.28. The molecule has 0 bridgehead atoms. The van der Waals surface area contributed by atoms with Crippen molar-refractivity contribution in [3.05, 3.63) is 22.1 Å². The molecule has 62 valence electrons. The van der Waals surface area contributed by atoms with Crippen LogP contribution in [0.15, 0.2) is 15.2 Å². The van der Waals surface area contributed by atoms with E-state index >= 15 is 0 Å². The second kappa shape index (κ2) is 3.61. The maximum atomic E-state index is 9.28. The minimum absolute atomic E-state index is 0.154. The predicted molar refractivity (Wildman–Crippen MR) is 46.8 cm³/mol. The summed E-state index contributed by atoms with van der Waals surface area (Å²) < 4.78 is 5.77. The highest BCUT2D eigenvalue weighted by molar-refractivity contribution is 9.10. The number of rotatable bonds is 2. The van der Waals surface area contributed by atoms with Crippen LogP contribution >= 0.6 is 27.5 Å². The lowest BCUT2D eigenvalue weighted by Gasteiger charge is -2.02. The van der Waals surface area contributed by atoms with Crippen LogP contribution in [0.3, 0.4) is 0 Å². The summed E-state index contributed by atoms with van der Waals surface area (Å²) in [6.45, 7) is 1.86. The Balaban J connectivity index is 2.93. The molecule has 1 atom stereocenters. The molecule has 4 heteroatoms. The van der Waals surface area contributed by atoms with E-state index in [-0.39, 0.29) is 5.88 Å². The number of aliphatic hydroxyl groups excluding tert-OH is 1. The first-order chi connectivity index (χ1) is 5.15. The standard InChI is InChI=1S/C7H8BrClO2/c1-4-2-6(8)11-7(4)5(10)3-9/h2,5,10H,3H2,1H3. The topological polar surface area (TPSA) is 33.4 Å². The van der Waals surface area contributed by atoms with Crippen LogP contribution in [-0.2, 0) is 0 Å². The number of furan rings is 1. The Labute approximate surface area is 78.3 Å². The monoisotopic (exact) mass is 238 g/mol. The number of aryl methyl sites for hydroxylation is 1. The van der Waals surface area contributed by atoms with Crippen LogP contribution in [0, 0.1) is 6.92 Å². The van der Waals surface area contributed by atoms with Crippen LogP contribution in [-0.4, -0.2) is 11.0 Å². The van der Waals surface area contributed by atoms with E-state index in [1.807, 2.05) is 6.92 Å². The Kier molecular flexibility index (Phi) is 2.98. The molecular weight excluding hydrogens is 231 g/mol. The molecule has 0 saturated carbocycles. The van der Waals surface area contributed by atoms with Crippen molar-refractivity contribution in [2.75, 3.05) is 5.88 Å². The van der Waals surface area contributed by atoms with Crippen LogP contribution in [0.25, 0.3) is 0 Å². The largest absolute Gasteiger partial charge is 0.451 e. The molecule has 1 aromatic rings. The first-order valence-corrected chi connectivity index (χ1v) is 4.47. The van der Waals surface area contributed by atoms with Crippen molar-refractivity contribution in [3.63, 3.8) is 0 Å². The van der Waals surface area contributed by atoms with Crippen molar-refractivity contribution in [3.8, 4) is 0 Å². The summed E-state index contributed by atoms with van der Waals surface area (Å²) in [5.41, 5.74) is 0.907. The Morgan fingerprint density at radius 3 is 2.82 bits per heavy atom. The fraction of sp³-hybridized carbons (Fsp3) is 0.429. The number of hydrogen-bond donors (Lipinski definition) is 1. The molecule has 0 spiro atoms. The van der Waals surface area contributed by atoms with E-state index < -0.39 is 6.10 Å². The molecule has 0 amide bonds. The molecule has 0 aliphatic heterocycles. The molecule has 2 nitrogen and oxygen atoms in total. The van der Waals surface area contributed by atoms with Crippen molar-refractivity contribution in [2.24, 2.45) is 0 Å². The summed E-state index contributed by atoms with van der Waals surface area (Å²) in [6.07, 6.45) is -0.706. The van der Waals surface area contributed by atoms with E-state index in [1.54, 1.807) is 6.07 Å². The van der Waals surface area contributed by atoms with Crippen molar-refractivity contribution >= 4 is 27.5 Å². The lowest BCUT2D eigenvalue weighted by atomic mass is 10.2. The van der Waals surface area contributed by atoms with Gasteiger partial charge in [0.25, 0.3) is 0 Å². The van der Waals surface area contributed by atoms with Gasteiger partial charge in [-0.2, -0.15) is 0 Å². The van der Waals surface area contributed by atoms with Gasteiger partial charge in [0, 0.05) is 0 Å². The van der Waals surface area contributed by atoms with Crippen molar-refractivity contribution in [2.45, 2.75) is 13.0 Å². The fourth-order valence-electron chi connectivity index (χ4n) is 0.857. The Morgan fingerprint density at radius 1 is 1.82 bits per heavy atom. The van der Waals surface area contributed by atoms with E-state index in [0.29, 0.717) is 10.4 Å². The van der Waals surface area contributed by atoms with Crippen LogP contribution in [0.1, 0.15) is 17.4 Å². The highest BCUT2D eigenvalue weighted by atomic mass is 79.9. The summed E-state index contributed by atoms with van der Waals surface area (Å²) in [5, 5.41) is 9.28. The highest BCUT2D eigenvalue weighted by Crippen LogP contribution is 2.25. The highest BCUT2D eigenvalue weighted by Gasteiger charge is 2.13. The predicted octanol–water partition coefficient (Wildman–Crippen LogP) is 2.62. The number of hydrogen-bond acceptors (Lipinski definition) is 2. The van der Waals surface area contributed by atoms with Crippen LogP contribution in [0.5, 0.6) is 0 Å². The second-order valence-electron chi connectivity index (χ2n) is 2.27. The summed E-state index contributed by atoms with van der Waals surface area (Å²) in [5.74, 6) is 0.688. The molecule has 11 heavy (non-hydrogen) atoms. The van der Waals surface area contributed by atoms with Gasteiger partial charge in [-0.3, -0.25) is 0 Å². The fourth-order valence-corrected chi connectivity index (χ4v) is 1.52. The van der Waals surface area contributed by atoms with Gasteiger partial charge in [-0.25, -0.2) is 0 Å². The van der Waals surface area contributed by atoms with E-state index in [4.69, 9.17) is 16.0 Å². The van der Waals surface area contributed by atoms with Crippen molar-refractivity contribution in [1.29, 1.82) is 0 Å². The summed E-state index contributed by atoms with van der Waals surface area (Å²) >= 11 is 8.60. The van der Waals surface area contributed by atoms with Gasteiger partial charge in [0.2, 0.25) is 0 Å². The van der Waals surface area contributed by atoms with Crippen molar-refractivity contribution in [1.82, 2.24) is 0 Å². The van der Waals surface area contributed by atoms with Crippen LogP contribution in [0.4, 0.5) is 0 Å². The van der Waals surface area contributed by atoms with Gasteiger partial charge in [0.15, 0.2) is 4.67 Å². The van der Waals surface area contributed by atoms with Gasteiger partial charge >= 0.3 is 0 Å². The maximum Gasteiger partial charge on any atom is 0.169 e. The Hall–Kier alpha value is 0.01000. The average molecular weight is 239 g/mol. The molecule has 0 aliphatic carbocycles. The number of halogens is 2. The lowest BCUT2D eigenvalue weighted by molar-refractivity contribution is 0.170. The van der Waals surface area contributed by atoms with E-state index in [0.717, 1.165) is 5.56 Å². The third-order valence-electron chi connectivity index (χ3n) is 1.37. The average Bonchev–Trinajstić information content (AvgIpc) is 2.28. The number of aliphatic hydroxyl groups is 1. The Morgan fingerprint density at radius 2 is 2.45 bits per heavy atom. The zero-order valence-electron chi connectivity index (χ0n) is 5.97. The van der Waals surface area contributed by atoms with E-state index in [2.05, 4.69) is 15.9 Å². The van der Waals surface area contributed by atoms with Crippen molar-refractivity contribution < 1.29 is 9.52 Å². The minimum atomic E-state index is -0.706. The molecule has 0 aliphatic rings. The molecule has 0 saturated heterocycles. The molecule has 0 radical (unpaired) electrons. The molecule has 0 aromatic carbocycles. The lowest BCUT2D eigenvalue weighted by Crippen LogP contribution is -1.97. The second-order valence-corrected chi connectivity index (χ2v) is 3.36. The third-order valence-corrected chi connectivity index (χ3v) is 2.06. The molecule has 0 fully saturated rings. The summed E-state index contributed by atoms with van der Waals surface area (Å²) in [6, 6.07) is 1.80. The molecule has 1 unspecified atom stereocenters. The third kappa shape index (κ3) is 1.98. The normalized spacial score (nSPS) is 13.5. The molecule has 1 N–H and O–H groups in total. The van der Waals surface area contributed by atoms with Gasteiger partial charge in [0.05, 0.1) is 5.88 Å². The van der Waals surface area contributed by atoms with Crippen LogP contribution < -0.4 is 0 Å². The summed E-state index contributed by atoms with van der Waals surface area (Å²) in [4.78, 5) is 0. The summed E-state index contributed by atoms with van der Waals surface area (Å²) in [7, 11) is 0. The molecule has 1 heterocycles. The SMILES string of the molecule is Cc1cc(Br)oc1C(O)CCl. The minimum Gasteiger partial charge on any atom is -0.451 e. The van der Waals surface area contributed by atoms with Gasteiger partial charge in [-0.05, 0) is 34.5 Å². The number of alkyl halides is 1. The van der Waals surface area contributed by atoms with Gasteiger partial charge < -0.3 is 9.52 Å².